The van der Waals surface area contributed by atoms with Crippen molar-refractivity contribution in [2.75, 3.05) is 5.75 Å². The average Bonchev–Trinajstić information content (AvgIpc) is 1.86. The first kappa shape index (κ1) is 4.34. The van der Waals surface area contributed by atoms with Gasteiger partial charge in [0.15, 0.2) is 0 Å². The predicted octanol–water partition coefficient (Wildman–Crippen LogP) is 1.33. The van der Waals surface area contributed by atoms with E-state index in [0.717, 1.165) is 10.8 Å². The Morgan fingerprint density at radius 2 is 2.83 bits per heavy atom. The van der Waals surface area contributed by atoms with Gasteiger partial charge in [0.25, 0.3) is 0 Å². The molecule has 33 valence electrons. The maximum atomic E-state index is 5.46. The lowest BCUT2D eigenvalue weighted by atomic mass is 10.7. The summed E-state index contributed by atoms with van der Waals surface area (Å²) in [6.07, 6.45) is 1.67. The molecular formula is C3H3ClNS. The summed E-state index contributed by atoms with van der Waals surface area (Å²) in [6.45, 7) is 0. The highest BCUT2D eigenvalue weighted by atomic mass is 35.5. The number of halogens is 1. The van der Waals surface area contributed by atoms with E-state index in [1.807, 2.05) is 0 Å². The lowest BCUT2D eigenvalue weighted by molar-refractivity contribution is 1.42. The quantitative estimate of drug-likeness (QED) is 0.440. The van der Waals surface area contributed by atoms with Gasteiger partial charge in [-0.3, -0.25) is 0 Å². The van der Waals surface area contributed by atoms with Gasteiger partial charge in [-0.05, 0) is 11.9 Å². The molecule has 1 aliphatic rings. The van der Waals surface area contributed by atoms with Crippen LogP contribution in [0.1, 0.15) is 0 Å². The van der Waals surface area contributed by atoms with Gasteiger partial charge < -0.3 is 0 Å². The van der Waals surface area contributed by atoms with Crippen LogP contribution in [0.2, 0.25) is 0 Å². The maximum absolute atomic E-state index is 5.46. The fraction of sp³-hybridized carbons (Fsp3) is 0.333. The Morgan fingerprint density at radius 3 is 3.00 bits per heavy atom. The summed E-state index contributed by atoms with van der Waals surface area (Å²) in [5, 5.41) is 0.847. The van der Waals surface area contributed by atoms with Gasteiger partial charge >= 0.3 is 0 Å². The molecule has 3 heteroatoms. The normalized spacial score (nSPS) is 19.8. The van der Waals surface area contributed by atoms with E-state index in [2.05, 4.69) is 4.72 Å². The first-order valence-corrected chi connectivity index (χ1v) is 2.88. The highest BCUT2D eigenvalue weighted by Crippen LogP contribution is 2.15. The number of rotatable bonds is 0. The summed E-state index contributed by atoms with van der Waals surface area (Å²) >= 11 is 6.94. The minimum Gasteiger partial charge on any atom is -0.223 e. The molecule has 1 radical (unpaired) electrons. The van der Waals surface area contributed by atoms with E-state index in [9.17, 15) is 0 Å². The summed E-state index contributed by atoms with van der Waals surface area (Å²) in [4.78, 5) is 0. The van der Waals surface area contributed by atoms with Gasteiger partial charge in [0.1, 0.15) is 0 Å². The molecule has 6 heavy (non-hydrogen) atoms. The molecule has 1 rings (SSSR count). The second-order valence-corrected chi connectivity index (χ2v) is 2.20. The van der Waals surface area contributed by atoms with Gasteiger partial charge in [-0.15, -0.1) is 0 Å². The zero-order valence-corrected chi connectivity index (χ0v) is 4.59. The lowest BCUT2D eigenvalue weighted by Crippen LogP contribution is -1.66. The smallest absolute Gasteiger partial charge is 0.0528 e. The molecule has 0 aromatic rings. The first-order chi connectivity index (χ1) is 2.89. The van der Waals surface area contributed by atoms with Crippen LogP contribution < -0.4 is 4.72 Å². The third-order valence-corrected chi connectivity index (χ3v) is 1.55. The van der Waals surface area contributed by atoms with Gasteiger partial charge in [-0.25, -0.2) is 4.72 Å². The Balaban J connectivity index is 2.45. The van der Waals surface area contributed by atoms with Crippen molar-refractivity contribution in [2.45, 2.75) is 0 Å². The molecule has 0 aromatic heterocycles. The van der Waals surface area contributed by atoms with Crippen molar-refractivity contribution in [2.24, 2.45) is 0 Å². The molecule has 0 spiro atoms. The standard InChI is InChI=1S/C3H3ClNS/c4-3-1-5-6-2-3/h1H,2H2. The van der Waals surface area contributed by atoms with Gasteiger partial charge in [-0.1, -0.05) is 11.6 Å². The maximum Gasteiger partial charge on any atom is 0.0528 e. The van der Waals surface area contributed by atoms with Crippen LogP contribution in [0.5, 0.6) is 0 Å². The Kier molecular flexibility index (Phi) is 1.27. The van der Waals surface area contributed by atoms with E-state index in [4.69, 9.17) is 11.6 Å². The molecule has 0 atom stereocenters. The molecule has 0 aromatic carbocycles. The molecule has 0 unspecified atom stereocenters. The van der Waals surface area contributed by atoms with Crippen molar-refractivity contribution in [1.29, 1.82) is 0 Å². The number of hydrogen-bond donors (Lipinski definition) is 0. The highest BCUT2D eigenvalue weighted by Gasteiger charge is 1.99. The zero-order valence-electron chi connectivity index (χ0n) is 3.02. The monoisotopic (exact) mass is 120 g/mol. The second-order valence-electron chi connectivity index (χ2n) is 0.955. The van der Waals surface area contributed by atoms with E-state index < -0.39 is 0 Å². The van der Waals surface area contributed by atoms with Crippen LogP contribution in [-0.4, -0.2) is 5.75 Å². The van der Waals surface area contributed by atoms with Crippen LogP contribution in [0.15, 0.2) is 11.2 Å². The van der Waals surface area contributed by atoms with Crippen molar-refractivity contribution < 1.29 is 0 Å². The number of nitrogens with zero attached hydrogens (tertiary/aromatic N) is 1. The van der Waals surface area contributed by atoms with E-state index in [1.54, 1.807) is 6.20 Å². The summed E-state index contributed by atoms with van der Waals surface area (Å²) in [5.41, 5.74) is 0. The molecule has 0 saturated heterocycles. The molecular weight excluding hydrogens is 118 g/mol. The van der Waals surface area contributed by atoms with Crippen molar-refractivity contribution in [3.63, 3.8) is 0 Å². The minimum absolute atomic E-state index is 0.847. The van der Waals surface area contributed by atoms with Gasteiger partial charge in [0.2, 0.25) is 0 Å². The van der Waals surface area contributed by atoms with Crippen molar-refractivity contribution in [3.8, 4) is 0 Å². The van der Waals surface area contributed by atoms with Crippen LogP contribution in [0.3, 0.4) is 0 Å². The van der Waals surface area contributed by atoms with Crippen molar-refractivity contribution in [3.05, 3.63) is 11.2 Å². The molecule has 1 aliphatic heterocycles. The Morgan fingerprint density at radius 1 is 2.00 bits per heavy atom. The zero-order chi connectivity index (χ0) is 4.41. The fourth-order valence-electron chi connectivity index (χ4n) is 0.231. The van der Waals surface area contributed by atoms with Gasteiger partial charge in [-0.2, -0.15) is 0 Å². The van der Waals surface area contributed by atoms with Crippen molar-refractivity contribution in [1.82, 2.24) is 4.72 Å². The van der Waals surface area contributed by atoms with E-state index >= 15 is 0 Å². The van der Waals surface area contributed by atoms with Crippen molar-refractivity contribution >= 4 is 23.5 Å². The van der Waals surface area contributed by atoms with Gasteiger partial charge in [0.05, 0.1) is 12.0 Å². The van der Waals surface area contributed by atoms with E-state index in [0.29, 0.717) is 0 Å². The molecule has 0 fully saturated rings. The summed E-state index contributed by atoms with van der Waals surface area (Å²) < 4.78 is 3.79. The fourth-order valence-corrected chi connectivity index (χ4v) is 0.958. The average molecular weight is 121 g/mol. The lowest BCUT2D eigenvalue weighted by Gasteiger charge is -1.74. The summed E-state index contributed by atoms with van der Waals surface area (Å²) in [5.74, 6) is 0.863. The van der Waals surface area contributed by atoms with Gasteiger partial charge in [0, 0.05) is 5.03 Å². The highest BCUT2D eigenvalue weighted by molar-refractivity contribution is 7.97. The van der Waals surface area contributed by atoms with Crippen LogP contribution in [-0.2, 0) is 0 Å². The van der Waals surface area contributed by atoms with Crippen LogP contribution in [0.4, 0.5) is 0 Å². The van der Waals surface area contributed by atoms with E-state index in [1.165, 1.54) is 11.9 Å². The largest absolute Gasteiger partial charge is 0.223 e. The molecule has 0 aliphatic carbocycles. The Labute approximate surface area is 45.9 Å². The van der Waals surface area contributed by atoms with Crippen LogP contribution in [0, 0.1) is 0 Å². The summed E-state index contributed by atoms with van der Waals surface area (Å²) in [6, 6.07) is 0. The molecule has 0 amide bonds. The molecule has 1 heterocycles. The molecule has 0 bridgehead atoms. The topological polar surface area (TPSA) is 14.1 Å². The van der Waals surface area contributed by atoms with Crippen LogP contribution in [0.25, 0.3) is 0 Å². The summed E-state index contributed by atoms with van der Waals surface area (Å²) in [7, 11) is 0. The SMILES string of the molecule is ClC1=C[N]SC1. The third kappa shape index (κ3) is 0.820. The Hall–Kier alpha value is 0.180. The van der Waals surface area contributed by atoms with Crippen LogP contribution >= 0.6 is 23.5 Å². The van der Waals surface area contributed by atoms with E-state index in [-0.39, 0.29) is 0 Å². The molecule has 0 N–H and O–H groups in total. The number of hydrogen-bond acceptors (Lipinski definition) is 1. The first-order valence-electron chi connectivity index (χ1n) is 1.56. The Bertz CT molecular complexity index is 80.9. The minimum atomic E-state index is 0.847. The second kappa shape index (κ2) is 1.76. The predicted molar refractivity (Wildman–Crippen MR) is 28.5 cm³/mol. The molecule has 1 nitrogen and oxygen atoms in total. The third-order valence-electron chi connectivity index (χ3n) is 0.470. The molecule has 0 saturated carbocycles.